The third kappa shape index (κ3) is 4.64. The number of carbonyl (C=O) groups is 1. The van der Waals surface area contributed by atoms with Crippen LogP contribution in [0.15, 0.2) is 48.5 Å². The number of carbonyl (C=O) groups excluding carboxylic acids is 1. The van der Waals surface area contributed by atoms with Gasteiger partial charge in [-0.3, -0.25) is 4.79 Å². The summed E-state index contributed by atoms with van der Waals surface area (Å²) in [5.74, 6) is -0.244. The topological polar surface area (TPSA) is 67.6 Å². The van der Waals surface area contributed by atoms with E-state index in [0.29, 0.717) is 0 Å². The zero-order chi connectivity index (χ0) is 16.2. The van der Waals surface area contributed by atoms with Gasteiger partial charge in [-0.2, -0.15) is 0 Å². The molecule has 136 valence electrons. The second-order valence-corrected chi connectivity index (χ2v) is 5.60. The Morgan fingerprint density at radius 2 is 1.80 bits per heavy atom. The van der Waals surface area contributed by atoms with Gasteiger partial charge in [-0.25, -0.2) is 0 Å². The lowest BCUT2D eigenvalue weighted by atomic mass is 10.1. The fraction of sp³-hybridized carbons (Fsp3) is 0.278. The number of hydrogen-bond donors (Lipinski definition) is 2. The molecule has 5 nitrogen and oxygen atoms in total. The lowest BCUT2D eigenvalue weighted by Crippen LogP contribution is -2.39. The highest BCUT2D eigenvalue weighted by Gasteiger charge is 2.23. The average Bonchev–Trinajstić information content (AvgIpc) is 2.99. The van der Waals surface area contributed by atoms with Crippen molar-refractivity contribution >= 4 is 47.8 Å². The van der Waals surface area contributed by atoms with Crippen LogP contribution in [0, 0.1) is 0 Å². The molecule has 1 amide bonds. The molecule has 25 heavy (non-hydrogen) atoms. The van der Waals surface area contributed by atoms with Crippen LogP contribution in [-0.4, -0.2) is 32.2 Å². The predicted octanol–water partition coefficient (Wildman–Crippen LogP) is 3.14. The van der Waals surface area contributed by atoms with Gasteiger partial charge in [-0.1, -0.05) is 30.3 Å². The highest BCUT2D eigenvalue weighted by molar-refractivity contribution is 5.98. The van der Waals surface area contributed by atoms with E-state index >= 15 is 0 Å². The van der Waals surface area contributed by atoms with Crippen LogP contribution >= 0.6 is 24.8 Å². The largest absolute Gasteiger partial charge is 0.383 e. The van der Waals surface area contributed by atoms with Crippen LogP contribution in [0.2, 0.25) is 0 Å². The first kappa shape index (κ1) is 21.3. The van der Waals surface area contributed by atoms with Crippen molar-refractivity contribution in [2.45, 2.75) is 12.5 Å². The van der Waals surface area contributed by atoms with Crippen molar-refractivity contribution in [1.82, 2.24) is 0 Å². The van der Waals surface area contributed by atoms with E-state index in [-0.39, 0.29) is 37.3 Å². The Kier molecular flexibility index (Phi) is 8.19. The molecule has 1 heterocycles. The SMILES string of the molecule is COCC(N)C(=O)Nc1ccccc1N1CCc2ccccc21.Cl.Cl. The fourth-order valence-electron chi connectivity index (χ4n) is 2.88. The summed E-state index contributed by atoms with van der Waals surface area (Å²) < 4.78 is 4.94. The van der Waals surface area contributed by atoms with Crippen molar-refractivity contribution in [1.29, 1.82) is 0 Å². The number of hydrogen-bond acceptors (Lipinski definition) is 4. The van der Waals surface area contributed by atoms with Gasteiger partial charge in [0, 0.05) is 19.3 Å². The molecule has 2 aromatic rings. The molecular formula is C18H23Cl2N3O2. The summed E-state index contributed by atoms with van der Waals surface area (Å²) in [6, 6.07) is 15.4. The van der Waals surface area contributed by atoms with Gasteiger partial charge >= 0.3 is 0 Å². The molecule has 0 aliphatic carbocycles. The molecule has 3 N–H and O–H groups in total. The summed E-state index contributed by atoms with van der Waals surface area (Å²) in [6.45, 7) is 1.09. The molecular weight excluding hydrogens is 361 g/mol. The van der Waals surface area contributed by atoms with E-state index in [4.69, 9.17) is 10.5 Å². The number of nitrogens with one attached hydrogen (secondary N) is 1. The third-order valence-corrected chi connectivity index (χ3v) is 4.02. The quantitative estimate of drug-likeness (QED) is 0.831. The van der Waals surface area contributed by atoms with Crippen LogP contribution in [0.3, 0.4) is 0 Å². The second-order valence-electron chi connectivity index (χ2n) is 5.60. The molecule has 3 rings (SSSR count). The van der Waals surface area contributed by atoms with E-state index in [1.54, 1.807) is 0 Å². The minimum atomic E-state index is -0.682. The number of rotatable bonds is 5. The lowest BCUT2D eigenvalue weighted by molar-refractivity contribution is -0.118. The molecule has 0 aromatic heterocycles. The Balaban J connectivity index is 0.00000156. The minimum Gasteiger partial charge on any atom is -0.383 e. The second kappa shape index (κ2) is 9.63. The van der Waals surface area contributed by atoms with Gasteiger partial charge in [0.15, 0.2) is 0 Å². The Bertz CT molecular complexity index is 712. The molecule has 1 unspecified atom stereocenters. The number of amides is 1. The molecule has 0 spiro atoms. The molecule has 7 heteroatoms. The van der Waals surface area contributed by atoms with Crippen molar-refractivity contribution in [2.75, 3.05) is 30.5 Å². The monoisotopic (exact) mass is 383 g/mol. The number of nitrogens with zero attached hydrogens (tertiary/aromatic N) is 1. The smallest absolute Gasteiger partial charge is 0.243 e. The van der Waals surface area contributed by atoms with E-state index < -0.39 is 6.04 Å². The maximum Gasteiger partial charge on any atom is 0.243 e. The van der Waals surface area contributed by atoms with Crippen LogP contribution in [0.5, 0.6) is 0 Å². The maximum absolute atomic E-state index is 12.2. The Morgan fingerprint density at radius 1 is 1.16 bits per heavy atom. The molecule has 0 saturated carbocycles. The Morgan fingerprint density at radius 3 is 2.52 bits per heavy atom. The maximum atomic E-state index is 12.2. The average molecular weight is 384 g/mol. The van der Waals surface area contributed by atoms with Crippen molar-refractivity contribution in [2.24, 2.45) is 5.73 Å². The predicted molar refractivity (Wildman–Crippen MR) is 107 cm³/mol. The van der Waals surface area contributed by atoms with Gasteiger partial charge in [0.1, 0.15) is 6.04 Å². The normalized spacial score (nSPS) is 13.3. The molecule has 0 bridgehead atoms. The number of ether oxygens (including phenoxy) is 1. The van der Waals surface area contributed by atoms with Crippen LogP contribution in [0.4, 0.5) is 17.1 Å². The number of fused-ring (bicyclic) bond motifs is 1. The van der Waals surface area contributed by atoms with Crippen LogP contribution in [0.1, 0.15) is 5.56 Å². The summed E-state index contributed by atoms with van der Waals surface area (Å²) in [7, 11) is 1.53. The summed E-state index contributed by atoms with van der Waals surface area (Å²) >= 11 is 0. The molecule has 1 atom stereocenters. The van der Waals surface area contributed by atoms with E-state index in [1.807, 2.05) is 30.3 Å². The number of halogens is 2. The van der Waals surface area contributed by atoms with Crippen molar-refractivity contribution in [3.05, 3.63) is 54.1 Å². The van der Waals surface area contributed by atoms with E-state index in [2.05, 4.69) is 28.4 Å². The Hall–Kier alpha value is -1.79. The standard InChI is InChI=1S/C18H21N3O2.2ClH/c1-23-12-14(19)18(22)20-15-7-3-5-9-17(15)21-11-10-13-6-2-4-8-16(13)21;;/h2-9,14H,10-12,19H2,1H3,(H,20,22);2*1H. The van der Waals surface area contributed by atoms with Gasteiger partial charge in [-0.05, 0) is 30.2 Å². The number of methoxy groups -OCH3 is 1. The van der Waals surface area contributed by atoms with Crippen LogP contribution in [0.25, 0.3) is 0 Å². The number of benzene rings is 2. The number of para-hydroxylation sites is 3. The number of nitrogens with two attached hydrogens (primary N) is 1. The van der Waals surface area contributed by atoms with Crippen molar-refractivity contribution in [3.63, 3.8) is 0 Å². The first-order chi connectivity index (χ1) is 11.2. The minimum absolute atomic E-state index is 0. The van der Waals surface area contributed by atoms with Gasteiger partial charge < -0.3 is 20.7 Å². The van der Waals surface area contributed by atoms with Gasteiger partial charge in [0.2, 0.25) is 5.91 Å². The highest BCUT2D eigenvalue weighted by Crippen LogP contribution is 2.38. The van der Waals surface area contributed by atoms with Crippen LogP contribution < -0.4 is 16.0 Å². The van der Waals surface area contributed by atoms with E-state index in [0.717, 1.165) is 24.3 Å². The lowest BCUT2D eigenvalue weighted by Gasteiger charge is -2.23. The van der Waals surface area contributed by atoms with Crippen molar-refractivity contribution in [3.8, 4) is 0 Å². The molecule has 0 radical (unpaired) electrons. The first-order valence-corrected chi connectivity index (χ1v) is 7.70. The van der Waals surface area contributed by atoms with Crippen LogP contribution in [-0.2, 0) is 16.0 Å². The van der Waals surface area contributed by atoms with Gasteiger partial charge in [0.05, 0.1) is 18.0 Å². The fourth-order valence-corrected chi connectivity index (χ4v) is 2.88. The molecule has 0 saturated heterocycles. The zero-order valence-corrected chi connectivity index (χ0v) is 15.6. The summed E-state index contributed by atoms with van der Waals surface area (Å²) in [5.41, 5.74) is 10.1. The highest BCUT2D eigenvalue weighted by atomic mass is 35.5. The molecule has 0 fully saturated rings. The molecule has 2 aromatic carbocycles. The summed E-state index contributed by atoms with van der Waals surface area (Å²) in [4.78, 5) is 14.4. The van der Waals surface area contributed by atoms with E-state index in [1.165, 1.54) is 18.4 Å². The van der Waals surface area contributed by atoms with Crippen molar-refractivity contribution < 1.29 is 9.53 Å². The molecule has 1 aliphatic heterocycles. The van der Waals surface area contributed by atoms with Gasteiger partial charge in [-0.15, -0.1) is 24.8 Å². The third-order valence-electron chi connectivity index (χ3n) is 4.02. The first-order valence-electron chi connectivity index (χ1n) is 7.70. The number of anilines is 3. The zero-order valence-electron chi connectivity index (χ0n) is 14.0. The van der Waals surface area contributed by atoms with E-state index in [9.17, 15) is 4.79 Å². The summed E-state index contributed by atoms with van der Waals surface area (Å²) in [6.07, 6.45) is 1.00. The summed E-state index contributed by atoms with van der Waals surface area (Å²) in [5, 5.41) is 2.92. The molecule has 1 aliphatic rings. The van der Waals surface area contributed by atoms with Gasteiger partial charge in [0.25, 0.3) is 0 Å². The Labute approximate surface area is 160 Å².